The summed E-state index contributed by atoms with van der Waals surface area (Å²) in [7, 11) is 3.67. The molecule has 0 saturated carbocycles. The number of rotatable bonds is 6. The van der Waals surface area contributed by atoms with Crippen molar-refractivity contribution in [2.75, 3.05) is 14.1 Å². The third-order valence-corrected chi connectivity index (χ3v) is 3.09. The molecule has 0 bridgehead atoms. The molecule has 25 heavy (non-hydrogen) atoms. The van der Waals surface area contributed by atoms with Crippen molar-refractivity contribution in [2.24, 2.45) is 0 Å². The molecule has 0 aliphatic carbocycles. The zero-order valence-electron chi connectivity index (χ0n) is 13.4. The minimum atomic E-state index is -0.669. The summed E-state index contributed by atoms with van der Waals surface area (Å²) in [5.74, 6) is -2.27. The molecule has 2 N–H and O–H groups in total. The highest BCUT2D eigenvalue weighted by molar-refractivity contribution is 6.20. The van der Waals surface area contributed by atoms with Crippen LogP contribution in [0.3, 0.4) is 0 Å². The molecule has 9 heteroatoms. The zero-order chi connectivity index (χ0) is 18.4. The molecule has 0 aromatic heterocycles. The Morgan fingerprint density at radius 2 is 1.20 bits per heavy atom. The number of carbonyl (C=O) groups excluding carboxylic acids is 2. The maximum atomic E-state index is 13.5. The lowest BCUT2D eigenvalue weighted by molar-refractivity contribution is 0.0954. The summed E-state index contributed by atoms with van der Waals surface area (Å²) < 4.78 is 37.2. The first-order valence-corrected chi connectivity index (χ1v) is 7.13. The average molecular weight is 347 g/mol. The van der Waals surface area contributed by atoms with E-state index in [4.69, 9.17) is 9.31 Å². The van der Waals surface area contributed by atoms with Crippen molar-refractivity contribution in [3.63, 3.8) is 0 Å². The van der Waals surface area contributed by atoms with Gasteiger partial charge in [-0.3, -0.25) is 9.59 Å². The number of benzene rings is 2. The van der Waals surface area contributed by atoms with Crippen molar-refractivity contribution in [2.45, 2.75) is 0 Å². The van der Waals surface area contributed by atoms with Crippen LogP contribution in [0.1, 0.15) is 20.7 Å². The SMILES string of the molecule is CNC(=O)c1cc(F)cc(O[B]Oc2cc(F)cc(C(=O)NC)c2)c1. The van der Waals surface area contributed by atoms with Crippen molar-refractivity contribution < 1.29 is 27.7 Å². The lowest BCUT2D eigenvalue weighted by Gasteiger charge is -2.09. The fourth-order valence-electron chi connectivity index (χ4n) is 1.95. The first-order chi connectivity index (χ1) is 11.9. The second kappa shape index (κ2) is 8.14. The highest BCUT2D eigenvalue weighted by atomic mass is 19.1. The van der Waals surface area contributed by atoms with Gasteiger partial charge in [-0.25, -0.2) is 8.78 Å². The van der Waals surface area contributed by atoms with Crippen LogP contribution in [0.5, 0.6) is 11.5 Å². The van der Waals surface area contributed by atoms with Crippen molar-refractivity contribution in [3.05, 3.63) is 59.2 Å². The van der Waals surface area contributed by atoms with E-state index in [1.54, 1.807) is 0 Å². The lowest BCUT2D eigenvalue weighted by atomic mass is 10.1. The van der Waals surface area contributed by atoms with Crippen LogP contribution in [0, 0.1) is 11.6 Å². The molecule has 0 atom stereocenters. The van der Waals surface area contributed by atoms with Gasteiger partial charge >= 0.3 is 7.69 Å². The van der Waals surface area contributed by atoms with Crippen molar-refractivity contribution in [3.8, 4) is 11.5 Å². The van der Waals surface area contributed by atoms with Gasteiger partial charge in [0, 0.05) is 37.4 Å². The Balaban J connectivity index is 2.06. The summed E-state index contributed by atoms with van der Waals surface area (Å²) >= 11 is 0. The van der Waals surface area contributed by atoms with Gasteiger partial charge in [-0.15, -0.1) is 0 Å². The number of hydrogen-bond donors (Lipinski definition) is 2. The number of carbonyl (C=O) groups is 2. The Kier molecular flexibility index (Phi) is 5.94. The van der Waals surface area contributed by atoms with Crippen LogP contribution >= 0.6 is 0 Å². The monoisotopic (exact) mass is 347 g/mol. The molecule has 0 fully saturated rings. The van der Waals surface area contributed by atoms with Gasteiger partial charge in [-0.05, 0) is 24.3 Å². The summed E-state index contributed by atoms with van der Waals surface area (Å²) in [4.78, 5) is 23.1. The molecule has 129 valence electrons. The molecule has 0 saturated heterocycles. The van der Waals surface area contributed by atoms with Gasteiger partial charge < -0.3 is 19.9 Å². The van der Waals surface area contributed by atoms with E-state index in [1.807, 2.05) is 0 Å². The summed E-state index contributed by atoms with van der Waals surface area (Å²) in [5.41, 5.74) is 0.136. The minimum Gasteiger partial charge on any atom is -0.526 e. The predicted octanol–water partition coefficient (Wildman–Crippen LogP) is 1.68. The largest absolute Gasteiger partial charge is 0.658 e. The predicted molar refractivity (Wildman–Crippen MR) is 86.6 cm³/mol. The Morgan fingerprint density at radius 1 is 0.800 bits per heavy atom. The second-order valence-corrected chi connectivity index (χ2v) is 4.84. The van der Waals surface area contributed by atoms with Gasteiger partial charge in [0.1, 0.15) is 23.1 Å². The minimum absolute atomic E-state index is 0.0153. The molecule has 6 nitrogen and oxygen atoms in total. The number of halogens is 2. The van der Waals surface area contributed by atoms with E-state index in [0.717, 1.165) is 32.0 Å². The van der Waals surface area contributed by atoms with Gasteiger partial charge in [-0.1, -0.05) is 0 Å². The Hall–Kier alpha value is -3.10. The van der Waals surface area contributed by atoms with Crippen LogP contribution < -0.4 is 19.9 Å². The fourth-order valence-corrected chi connectivity index (χ4v) is 1.95. The number of nitrogens with one attached hydrogen (secondary N) is 2. The van der Waals surface area contributed by atoms with Crippen LogP contribution in [0.25, 0.3) is 0 Å². The molecule has 0 aliphatic rings. The van der Waals surface area contributed by atoms with Gasteiger partial charge in [0.15, 0.2) is 0 Å². The van der Waals surface area contributed by atoms with E-state index in [1.165, 1.54) is 26.2 Å². The van der Waals surface area contributed by atoms with Gasteiger partial charge in [0.25, 0.3) is 11.8 Å². The molecule has 0 spiro atoms. The smallest absolute Gasteiger partial charge is 0.526 e. The van der Waals surface area contributed by atoms with E-state index in [-0.39, 0.29) is 22.6 Å². The Bertz CT molecular complexity index is 736. The molecule has 0 heterocycles. The van der Waals surface area contributed by atoms with E-state index in [2.05, 4.69) is 10.6 Å². The normalized spacial score (nSPS) is 9.92. The van der Waals surface area contributed by atoms with E-state index in [9.17, 15) is 18.4 Å². The lowest BCUT2D eigenvalue weighted by Crippen LogP contribution is -2.19. The average Bonchev–Trinajstić information content (AvgIpc) is 2.59. The van der Waals surface area contributed by atoms with E-state index >= 15 is 0 Å². The molecular formula is C16H14BF2N2O4. The first-order valence-electron chi connectivity index (χ1n) is 7.13. The topological polar surface area (TPSA) is 76.7 Å². The van der Waals surface area contributed by atoms with E-state index in [0.29, 0.717) is 0 Å². The van der Waals surface area contributed by atoms with E-state index < -0.39 is 23.4 Å². The van der Waals surface area contributed by atoms with Crippen molar-refractivity contribution >= 4 is 19.5 Å². The quantitative estimate of drug-likeness (QED) is 0.780. The third kappa shape index (κ3) is 4.94. The highest BCUT2D eigenvalue weighted by Crippen LogP contribution is 2.18. The maximum absolute atomic E-state index is 13.5. The first kappa shape index (κ1) is 18.2. The number of amides is 2. The van der Waals surface area contributed by atoms with Crippen molar-refractivity contribution in [1.82, 2.24) is 10.6 Å². The van der Waals surface area contributed by atoms with Crippen LogP contribution in [0.15, 0.2) is 36.4 Å². The fraction of sp³-hybridized carbons (Fsp3) is 0.125. The second-order valence-electron chi connectivity index (χ2n) is 4.84. The molecule has 0 unspecified atom stereocenters. The zero-order valence-corrected chi connectivity index (χ0v) is 13.4. The summed E-state index contributed by atoms with van der Waals surface area (Å²) in [6, 6.07) is 6.82. The molecule has 2 rings (SSSR count). The highest BCUT2D eigenvalue weighted by Gasteiger charge is 2.12. The summed E-state index contributed by atoms with van der Waals surface area (Å²) in [5, 5.41) is 4.73. The molecule has 2 aromatic rings. The van der Waals surface area contributed by atoms with Crippen LogP contribution in [-0.2, 0) is 0 Å². The molecule has 2 aromatic carbocycles. The standard InChI is InChI=1S/C16H14BF2N2O4/c1-20-15(22)9-3-11(18)7-13(5-9)24-17-25-14-6-10(16(23)21-2)4-12(19)8-14/h3-8H,1-2H3,(H,20,22)(H,21,23). The Morgan fingerprint density at radius 3 is 1.56 bits per heavy atom. The molecular weight excluding hydrogens is 333 g/mol. The summed E-state index contributed by atoms with van der Waals surface area (Å²) in [6.45, 7) is 0. The molecule has 2 amide bonds. The number of hydrogen-bond acceptors (Lipinski definition) is 4. The van der Waals surface area contributed by atoms with Crippen LogP contribution in [0.2, 0.25) is 0 Å². The molecule has 0 aliphatic heterocycles. The molecule has 1 radical (unpaired) electrons. The van der Waals surface area contributed by atoms with Gasteiger partial charge in [0.2, 0.25) is 0 Å². The van der Waals surface area contributed by atoms with Crippen LogP contribution in [-0.4, -0.2) is 33.6 Å². The Labute approximate surface area is 143 Å². The third-order valence-electron chi connectivity index (χ3n) is 3.09. The van der Waals surface area contributed by atoms with Gasteiger partial charge in [0.05, 0.1) is 0 Å². The van der Waals surface area contributed by atoms with Gasteiger partial charge in [-0.2, -0.15) is 0 Å². The van der Waals surface area contributed by atoms with Crippen molar-refractivity contribution in [1.29, 1.82) is 0 Å². The van der Waals surface area contributed by atoms with Crippen LogP contribution in [0.4, 0.5) is 8.78 Å². The summed E-state index contributed by atoms with van der Waals surface area (Å²) in [6.07, 6.45) is 0. The maximum Gasteiger partial charge on any atom is 0.658 e.